The van der Waals surface area contributed by atoms with Crippen LogP contribution in [0.4, 0.5) is 5.69 Å². The fourth-order valence-corrected chi connectivity index (χ4v) is 2.97. The maximum atomic E-state index is 12.5. The van der Waals surface area contributed by atoms with Crippen LogP contribution in [0, 0.1) is 13.8 Å². The van der Waals surface area contributed by atoms with E-state index in [1.54, 1.807) is 0 Å². The molecule has 0 atom stereocenters. The lowest BCUT2D eigenvalue weighted by atomic mass is 10.1. The second kappa shape index (κ2) is 6.48. The molecule has 4 nitrogen and oxygen atoms in total. The molecule has 0 fully saturated rings. The van der Waals surface area contributed by atoms with E-state index in [-0.39, 0.29) is 5.91 Å². The van der Waals surface area contributed by atoms with Gasteiger partial charge in [0.1, 0.15) is 5.65 Å². The highest BCUT2D eigenvalue weighted by Crippen LogP contribution is 2.23. The zero-order valence-electron chi connectivity index (χ0n) is 14.7. The van der Waals surface area contributed by atoms with Crippen molar-refractivity contribution >= 4 is 17.2 Å². The van der Waals surface area contributed by atoms with Crippen molar-refractivity contribution in [2.45, 2.75) is 13.8 Å². The molecule has 0 aliphatic rings. The van der Waals surface area contributed by atoms with Crippen molar-refractivity contribution < 1.29 is 4.79 Å². The summed E-state index contributed by atoms with van der Waals surface area (Å²) in [5.74, 6) is -0.114. The number of amides is 1. The zero-order chi connectivity index (χ0) is 18.1. The molecule has 0 spiro atoms. The number of fused-ring (bicyclic) bond motifs is 1. The molecule has 2 aromatic carbocycles. The molecule has 0 saturated carbocycles. The summed E-state index contributed by atoms with van der Waals surface area (Å²) in [7, 11) is 0. The monoisotopic (exact) mass is 341 g/mol. The van der Waals surface area contributed by atoms with Gasteiger partial charge in [0.25, 0.3) is 5.91 Å². The zero-order valence-corrected chi connectivity index (χ0v) is 14.7. The van der Waals surface area contributed by atoms with Crippen molar-refractivity contribution in [1.82, 2.24) is 9.38 Å². The van der Waals surface area contributed by atoms with Gasteiger partial charge in [0, 0.05) is 29.2 Å². The molecule has 4 heteroatoms. The predicted molar refractivity (Wildman–Crippen MR) is 104 cm³/mol. The first-order chi connectivity index (χ1) is 12.6. The number of aryl methyl sites for hydroxylation is 2. The minimum atomic E-state index is -0.114. The molecule has 0 aliphatic heterocycles. The number of rotatable bonds is 3. The smallest absolute Gasteiger partial charge is 0.255 e. The average Bonchev–Trinajstić information content (AvgIpc) is 3.05. The third-order valence-corrected chi connectivity index (χ3v) is 4.31. The van der Waals surface area contributed by atoms with E-state index >= 15 is 0 Å². The molecule has 2 aromatic heterocycles. The summed E-state index contributed by atoms with van der Waals surface area (Å²) in [4.78, 5) is 17.1. The summed E-state index contributed by atoms with van der Waals surface area (Å²) in [6, 6.07) is 19.4. The van der Waals surface area contributed by atoms with Crippen LogP contribution >= 0.6 is 0 Å². The van der Waals surface area contributed by atoms with E-state index in [0.29, 0.717) is 5.56 Å². The van der Waals surface area contributed by atoms with E-state index in [1.165, 1.54) is 5.56 Å². The lowest BCUT2D eigenvalue weighted by Gasteiger charge is -2.07. The molecular weight excluding hydrogens is 322 g/mol. The third kappa shape index (κ3) is 3.22. The van der Waals surface area contributed by atoms with Gasteiger partial charge in [-0.1, -0.05) is 29.8 Å². The second-order valence-corrected chi connectivity index (χ2v) is 6.50. The molecule has 0 unspecified atom stereocenters. The first-order valence-electron chi connectivity index (χ1n) is 8.52. The maximum absolute atomic E-state index is 12.5. The lowest BCUT2D eigenvalue weighted by Crippen LogP contribution is -2.11. The van der Waals surface area contributed by atoms with E-state index in [1.807, 2.05) is 78.3 Å². The first kappa shape index (κ1) is 16.1. The van der Waals surface area contributed by atoms with Crippen molar-refractivity contribution in [3.63, 3.8) is 0 Å². The molecule has 0 saturated heterocycles. The largest absolute Gasteiger partial charge is 0.322 e. The molecule has 26 heavy (non-hydrogen) atoms. The fraction of sp³-hybridized carbons (Fsp3) is 0.0909. The van der Waals surface area contributed by atoms with Gasteiger partial charge in [-0.25, -0.2) is 4.98 Å². The molecule has 0 aliphatic carbocycles. The van der Waals surface area contributed by atoms with Crippen LogP contribution in [0.15, 0.2) is 73.1 Å². The molecule has 4 aromatic rings. The van der Waals surface area contributed by atoms with E-state index in [2.05, 4.69) is 23.3 Å². The van der Waals surface area contributed by atoms with Gasteiger partial charge in [-0.15, -0.1) is 0 Å². The summed E-state index contributed by atoms with van der Waals surface area (Å²) in [5, 5.41) is 2.96. The summed E-state index contributed by atoms with van der Waals surface area (Å²) in [5.41, 5.74) is 6.39. The predicted octanol–water partition coefficient (Wildman–Crippen LogP) is 4.87. The van der Waals surface area contributed by atoms with Gasteiger partial charge >= 0.3 is 0 Å². The molecular formula is C22H19N3O. The molecule has 4 rings (SSSR count). The van der Waals surface area contributed by atoms with Gasteiger partial charge in [0.15, 0.2) is 0 Å². The van der Waals surface area contributed by atoms with Crippen molar-refractivity contribution in [3.05, 3.63) is 89.7 Å². The van der Waals surface area contributed by atoms with Crippen molar-refractivity contribution in [2.75, 3.05) is 5.32 Å². The van der Waals surface area contributed by atoms with Crippen LogP contribution < -0.4 is 5.32 Å². The number of hydrogen-bond acceptors (Lipinski definition) is 2. The molecule has 128 valence electrons. The maximum Gasteiger partial charge on any atom is 0.255 e. The quantitative estimate of drug-likeness (QED) is 0.578. The number of benzene rings is 2. The number of nitrogens with zero attached hydrogens (tertiary/aromatic N) is 2. The third-order valence-electron chi connectivity index (χ3n) is 4.31. The number of carbonyl (C=O) groups excluding carboxylic acids is 1. The average molecular weight is 341 g/mol. The van der Waals surface area contributed by atoms with E-state index in [9.17, 15) is 4.79 Å². The van der Waals surface area contributed by atoms with Gasteiger partial charge in [-0.3, -0.25) is 4.79 Å². The molecule has 1 N–H and O–H groups in total. The van der Waals surface area contributed by atoms with Crippen LogP contribution in [0.25, 0.3) is 16.9 Å². The normalized spacial score (nSPS) is 10.8. The Morgan fingerprint density at radius 3 is 2.62 bits per heavy atom. The minimum absolute atomic E-state index is 0.114. The van der Waals surface area contributed by atoms with Crippen molar-refractivity contribution in [1.29, 1.82) is 0 Å². The van der Waals surface area contributed by atoms with E-state index in [0.717, 1.165) is 28.2 Å². The number of imidazole rings is 1. The topological polar surface area (TPSA) is 46.4 Å². The Morgan fingerprint density at radius 1 is 0.962 bits per heavy atom. The van der Waals surface area contributed by atoms with Crippen LogP contribution in [0.5, 0.6) is 0 Å². The molecule has 2 heterocycles. The Hall–Kier alpha value is -3.40. The molecule has 0 radical (unpaired) electrons. The van der Waals surface area contributed by atoms with Gasteiger partial charge < -0.3 is 9.72 Å². The van der Waals surface area contributed by atoms with Crippen LogP contribution in [0.1, 0.15) is 21.5 Å². The summed E-state index contributed by atoms with van der Waals surface area (Å²) >= 11 is 0. The summed E-state index contributed by atoms with van der Waals surface area (Å²) in [6.45, 7) is 4.03. The molecule has 1 amide bonds. The van der Waals surface area contributed by atoms with Crippen molar-refractivity contribution in [2.24, 2.45) is 0 Å². The summed E-state index contributed by atoms with van der Waals surface area (Å²) in [6.07, 6.45) is 4.00. The number of hydrogen-bond donors (Lipinski definition) is 1. The Labute approximate surface area is 152 Å². The highest BCUT2D eigenvalue weighted by Gasteiger charge is 2.09. The van der Waals surface area contributed by atoms with E-state index < -0.39 is 0 Å². The van der Waals surface area contributed by atoms with Crippen LogP contribution in [-0.2, 0) is 0 Å². The molecule has 0 bridgehead atoms. The van der Waals surface area contributed by atoms with Gasteiger partial charge in [-0.2, -0.15) is 0 Å². The number of nitrogens with one attached hydrogen (secondary N) is 1. The van der Waals surface area contributed by atoms with Crippen LogP contribution in [-0.4, -0.2) is 15.3 Å². The van der Waals surface area contributed by atoms with Crippen LogP contribution in [0.3, 0.4) is 0 Å². The Kier molecular flexibility index (Phi) is 4.01. The number of aromatic nitrogens is 2. The van der Waals surface area contributed by atoms with Crippen molar-refractivity contribution in [3.8, 4) is 11.3 Å². The highest BCUT2D eigenvalue weighted by atomic mass is 16.1. The number of carbonyl (C=O) groups is 1. The highest BCUT2D eigenvalue weighted by molar-refractivity contribution is 6.04. The number of anilines is 1. The fourth-order valence-electron chi connectivity index (χ4n) is 2.97. The van der Waals surface area contributed by atoms with Gasteiger partial charge in [-0.05, 0) is 55.8 Å². The minimum Gasteiger partial charge on any atom is -0.322 e. The SMILES string of the molecule is Cc1cccc(C(=O)Nc2cccc(-c3cn4ccc(C)cc4n3)c2)c1. The first-order valence-corrected chi connectivity index (χ1v) is 8.52. The Balaban J connectivity index is 1.62. The van der Waals surface area contributed by atoms with Crippen LogP contribution in [0.2, 0.25) is 0 Å². The summed E-state index contributed by atoms with van der Waals surface area (Å²) < 4.78 is 2.00. The second-order valence-electron chi connectivity index (χ2n) is 6.50. The van der Waals surface area contributed by atoms with Gasteiger partial charge in [0.05, 0.1) is 5.69 Å². The Bertz CT molecular complexity index is 1110. The Morgan fingerprint density at radius 2 is 1.77 bits per heavy atom. The number of pyridine rings is 1. The van der Waals surface area contributed by atoms with Gasteiger partial charge in [0.2, 0.25) is 0 Å². The standard InChI is InChI=1S/C22H19N3O/c1-15-5-3-7-18(11-15)22(26)23-19-8-4-6-17(13-19)20-14-25-10-9-16(2)12-21(25)24-20/h3-14H,1-2H3,(H,23,26). The van der Waals surface area contributed by atoms with E-state index in [4.69, 9.17) is 0 Å². The lowest BCUT2D eigenvalue weighted by molar-refractivity contribution is 0.102.